The van der Waals surface area contributed by atoms with Crippen molar-refractivity contribution in [3.8, 4) is 0 Å². The van der Waals surface area contributed by atoms with Gasteiger partial charge in [0.1, 0.15) is 5.82 Å². The lowest BCUT2D eigenvalue weighted by atomic mass is 9.98. The summed E-state index contributed by atoms with van der Waals surface area (Å²) >= 11 is 0. The van der Waals surface area contributed by atoms with Crippen molar-refractivity contribution in [3.63, 3.8) is 0 Å². The van der Waals surface area contributed by atoms with Gasteiger partial charge in [-0.2, -0.15) is 0 Å². The summed E-state index contributed by atoms with van der Waals surface area (Å²) in [6.07, 6.45) is 0.243. The second-order valence-corrected chi connectivity index (χ2v) is 5.21. The van der Waals surface area contributed by atoms with Gasteiger partial charge in [0, 0.05) is 17.8 Å². The highest BCUT2D eigenvalue weighted by Gasteiger charge is 2.26. The Kier molecular flexibility index (Phi) is 3.71. The smallest absolute Gasteiger partial charge is 0.231 e. The zero-order valence-electron chi connectivity index (χ0n) is 11.5. The first-order chi connectivity index (χ1) is 10.1. The van der Waals surface area contributed by atoms with E-state index in [4.69, 9.17) is 0 Å². The lowest BCUT2D eigenvalue weighted by molar-refractivity contribution is -0.118. The van der Waals surface area contributed by atoms with Gasteiger partial charge in [-0.1, -0.05) is 30.3 Å². The molecule has 0 fully saturated rings. The molecule has 0 aromatic heterocycles. The highest BCUT2D eigenvalue weighted by Crippen LogP contribution is 2.33. The van der Waals surface area contributed by atoms with E-state index >= 15 is 0 Å². The summed E-state index contributed by atoms with van der Waals surface area (Å²) in [5.74, 6) is -0.349. The molecule has 4 heteroatoms. The van der Waals surface area contributed by atoms with Gasteiger partial charge >= 0.3 is 0 Å². The largest absolute Gasteiger partial charge is 0.388 e. The molecule has 2 aromatic carbocycles. The van der Waals surface area contributed by atoms with Gasteiger partial charge in [-0.25, -0.2) is 4.39 Å². The number of aliphatic hydroxyl groups is 1. The van der Waals surface area contributed by atoms with E-state index in [2.05, 4.69) is 0 Å². The number of fused-ring (bicyclic) bond motifs is 1. The third-order valence-electron chi connectivity index (χ3n) is 3.78. The van der Waals surface area contributed by atoms with Crippen molar-refractivity contribution < 1.29 is 14.3 Å². The molecule has 1 unspecified atom stereocenters. The molecule has 0 saturated carbocycles. The van der Waals surface area contributed by atoms with Crippen LogP contribution in [-0.4, -0.2) is 17.6 Å². The quantitative estimate of drug-likeness (QED) is 0.921. The number of amides is 1. The normalized spacial score (nSPS) is 17.4. The molecule has 1 N–H and O–H groups in total. The summed E-state index contributed by atoms with van der Waals surface area (Å²) in [5.41, 5.74) is 2.34. The summed E-state index contributed by atoms with van der Waals surface area (Å²) in [7, 11) is 0. The number of aliphatic hydroxyl groups excluding tert-OH is 1. The fourth-order valence-corrected chi connectivity index (χ4v) is 2.67. The van der Waals surface area contributed by atoms with Crippen molar-refractivity contribution >= 4 is 11.6 Å². The van der Waals surface area contributed by atoms with Gasteiger partial charge in [0.2, 0.25) is 5.91 Å². The molecule has 21 heavy (non-hydrogen) atoms. The van der Waals surface area contributed by atoms with E-state index < -0.39 is 6.10 Å². The Bertz CT molecular complexity index is 654. The first-order valence-corrected chi connectivity index (χ1v) is 6.97. The summed E-state index contributed by atoms with van der Waals surface area (Å²) in [6, 6.07) is 13.4. The fraction of sp³-hybridized carbons (Fsp3) is 0.235. The van der Waals surface area contributed by atoms with Crippen LogP contribution < -0.4 is 4.90 Å². The molecule has 3 nitrogen and oxygen atoms in total. The highest BCUT2D eigenvalue weighted by molar-refractivity contribution is 5.96. The first kappa shape index (κ1) is 13.8. The number of rotatable bonds is 2. The Morgan fingerprint density at radius 1 is 1.19 bits per heavy atom. The van der Waals surface area contributed by atoms with Crippen LogP contribution in [-0.2, 0) is 11.2 Å². The molecular formula is C17H16FNO2. The van der Waals surface area contributed by atoms with Gasteiger partial charge in [0.25, 0.3) is 0 Å². The number of carbonyl (C=O) groups excluding carboxylic acids is 1. The molecule has 1 aliphatic heterocycles. The molecule has 1 atom stereocenters. The number of hydrogen-bond donors (Lipinski definition) is 1. The van der Waals surface area contributed by atoms with Crippen LogP contribution in [0, 0.1) is 5.82 Å². The van der Waals surface area contributed by atoms with Crippen LogP contribution in [0.5, 0.6) is 0 Å². The lowest BCUT2D eigenvalue weighted by Gasteiger charge is -2.32. The number of hydrogen-bond acceptors (Lipinski definition) is 2. The Labute approximate surface area is 122 Å². The topological polar surface area (TPSA) is 40.5 Å². The standard InChI is InChI=1S/C17H16FNO2/c18-13-7-5-12(6-8-13)11-17(21)19-10-9-16(20)14-3-1-2-4-15(14)19/h1-8,16,20H,9-11H2. The maximum atomic E-state index is 12.9. The van der Waals surface area contributed by atoms with Crippen LogP contribution in [0.4, 0.5) is 10.1 Å². The lowest BCUT2D eigenvalue weighted by Crippen LogP contribution is -2.37. The van der Waals surface area contributed by atoms with Gasteiger partial charge in [-0.15, -0.1) is 0 Å². The number of nitrogens with zero attached hydrogens (tertiary/aromatic N) is 1. The first-order valence-electron chi connectivity index (χ1n) is 6.97. The molecule has 0 aliphatic carbocycles. The van der Waals surface area contributed by atoms with Gasteiger partial charge < -0.3 is 10.0 Å². The third-order valence-corrected chi connectivity index (χ3v) is 3.78. The minimum Gasteiger partial charge on any atom is -0.388 e. The number of carbonyl (C=O) groups is 1. The second-order valence-electron chi connectivity index (χ2n) is 5.21. The molecule has 0 bridgehead atoms. The molecule has 1 heterocycles. The minimum absolute atomic E-state index is 0.0408. The molecule has 1 aliphatic rings. The van der Waals surface area contributed by atoms with E-state index in [1.807, 2.05) is 24.3 Å². The van der Waals surface area contributed by atoms with Crippen LogP contribution in [0.2, 0.25) is 0 Å². The number of anilines is 1. The zero-order chi connectivity index (χ0) is 14.8. The molecule has 108 valence electrons. The van der Waals surface area contributed by atoms with Crippen molar-refractivity contribution in [3.05, 3.63) is 65.5 Å². The maximum Gasteiger partial charge on any atom is 0.231 e. The number of halogens is 1. The number of benzene rings is 2. The predicted octanol–water partition coefficient (Wildman–Crippen LogP) is 2.84. The number of para-hydroxylation sites is 1. The molecule has 1 amide bonds. The average Bonchev–Trinajstić information content (AvgIpc) is 2.50. The van der Waals surface area contributed by atoms with Crippen LogP contribution in [0.25, 0.3) is 0 Å². The molecule has 2 aromatic rings. The molecule has 0 saturated heterocycles. The molecule has 3 rings (SSSR count). The molecule has 0 radical (unpaired) electrons. The van der Waals surface area contributed by atoms with Crippen LogP contribution in [0.3, 0.4) is 0 Å². The van der Waals surface area contributed by atoms with Crippen molar-refractivity contribution in [1.82, 2.24) is 0 Å². The van der Waals surface area contributed by atoms with E-state index in [0.29, 0.717) is 13.0 Å². The van der Waals surface area contributed by atoms with Gasteiger partial charge in [0.05, 0.1) is 12.5 Å². The van der Waals surface area contributed by atoms with Crippen LogP contribution in [0.1, 0.15) is 23.7 Å². The Balaban J connectivity index is 1.82. The van der Waals surface area contributed by atoms with E-state index in [0.717, 1.165) is 16.8 Å². The Hall–Kier alpha value is -2.20. The van der Waals surface area contributed by atoms with E-state index in [9.17, 15) is 14.3 Å². The summed E-state index contributed by atoms with van der Waals surface area (Å²) in [4.78, 5) is 14.2. The van der Waals surface area contributed by atoms with Crippen molar-refractivity contribution in [2.45, 2.75) is 18.9 Å². The van der Waals surface area contributed by atoms with Gasteiger partial charge in [-0.3, -0.25) is 4.79 Å². The fourth-order valence-electron chi connectivity index (χ4n) is 2.67. The Morgan fingerprint density at radius 2 is 1.90 bits per heavy atom. The molecule has 0 spiro atoms. The Morgan fingerprint density at radius 3 is 2.67 bits per heavy atom. The van der Waals surface area contributed by atoms with Crippen molar-refractivity contribution in [2.75, 3.05) is 11.4 Å². The van der Waals surface area contributed by atoms with Crippen LogP contribution >= 0.6 is 0 Å². The monoisotopic (exact) mass is 285 g/mol. The SMILES string of the molecule is O=C(Cc1ccc(F)cc1)N1CCC(O)c2ccccc21. The van der Waals surface area contributed by atoms with Crippen LogP contribution in [0.15, 0.2) is 48.5 Å². The zero-order valence-corrected chi connectivity index (χ0v) is 11.5. The third kappa shape index (κ3) is 2.81. The summed E-state index contributed by atoms with van der Waals surface area (Å²) < 4.78 is 12.9. The molecular weight excluding hydrogens is 269 g/mol. The van der Waals surface area contributed by atoms with Crippen molar-refractivity contribution in [2.24, 2.45) is 0 Å². The maximum absolute atomic E-state index is 12.9. The minimum atomic E-state index is -0.518. The summed E-state index contributed by atoms with van der Waals surface area (Å²) in [6.45, 7) is 0.498. The van der Waals surface area contributed by atoms with E-state index in [-0.39, 0.29) is 18.1 Å². The predicted molar refractivity (Wildman–Crippen MR) is 78.5 cm³/mol. The van der Waals surface area contributed by atoms with Crippen molar-refractivity contribution in [1.29, 1.82) is 0 Å². The van der Waals surface area contributed by atoms with Gasteiger partial charge in [-0.05, 0) is 30.2 Å². The van der Waals surface area contributed by atoms with E-state index in [1.165, 1.54) is 12.1 Å². The second kappa shape index (κ2) is 5.66. The summed E-state index contributed by atoms with van der Waals surface area (Å²) in [5, 5.41) is 10.0. The average molecular weight is 285 g/mol. The van der Waals surface area contributed by atoms with Gasteiger partial charge in [0.15, 0.2) is 0 Å². The van der Waals surface area contributed by atoms with E-state index in [1.54, 1.807) is 17.0 Å². The highest BCUT2D eigenvalue weighted by atomic mass is 19.1.